The van der Waals surface area contributed by atoms with Gasteiger partial charge in [-0.2, -0.15) is 0 Å². The quantitative estimate of drug-likeness (QED) is 0.640. The molecule has 76 valence electrons. The Morgan fingerprint density at radius 1 is 1.23 bits per heavy atom. The Morgan fingerprint density at radius 3 is 2.62 bits per heavy atom. The highest BCUT2D eigenvalue weighted by atomic mass is 15.1. The van der Waals surface area contributed by atoms with Crippen LogP contribution in [0.5, 0.6) is 0 Å². The van der Waals surface area contributed by atoms with Gasteiger partial charge in [-0.15, -0.1) is 0 Å². The summed E-state index contributed by atoms with van der Waals surface area (Å²) in [6.07, 6.45) is 2.70. The van der Waals surface area contributed by atoms with Gasteiger partial charge >= 0.3 is 0 Å². The molecule has 3 unspecified atom stereocenters. The molecule has 0 aromatic rings. The van der Waals surface area contributed by atoms with E-state index in [9.17, 15) is 0 Å². The van der Waals surface area contributed by atoms with Crippen LogP contribution in [0, 0.1) is 11.3 Å². The normalized spacial score (nSPS) is 39.5. The minimum absolute atomic E-state index is 0.476. The molecular weight excluding hydrogens is 160 g/mol. The molecule has 2 fully saturated rings. The van der Waals surface area contributed by atoms with Crippen LogP contribution >= 0.6 is 0 Å². The van der Waals surface area contributed by atoms with Gasteiger partial charge in [0, 0.05) is 18.6 Å². The van der Waals surface area contributed by atoms with Crippen LogP contribution in [0.4, 0.5) is 0 Å². The molecule has 0 radical (unpaired) electrons. The SMILES string of the molecule is CC(C)(C)CC1CC2CNCC2N1. The fourth-order valence-electron chi connectivity index (χ4n) is 2.79. The van der Waals surface area contributed by atoms with Gasteiger partial charge in [-0.25, -0.2) is 0 Å². The summed E-state index contributed by atoms with van der Waals surface area (Å²) in [5.41, 5.74) is 0.476. The van der Waals surface area contributed by atoms with Crippen molar-refractivity contribution < 1.29 is 0 Å². The van der Waals surface area contributed by atoms with Crippen molar-refractivity contribution in [2.45, 2.75) is 45.7 Å². The summed E-state index contributed by atoms with van der Waals surface area (Å²) in [4.78, 5) is 0. The number of fused-ring (bicyclic) bond motifs is 1. The molecule has 2 aliphatic rings. The van der Waals surface area contributed by atoms with E-state index in [-0.39, 0.29) is 0 Å². The largest absolute Gasteiger partial charge is 0.315 e. The van der Waals surface area contributed by atoms with Gasteiger partial charge in [0.1, 0.15) is 0 Å². The topological polar surface area (TPSA) is 24.1 Å². The van der Waals surface area contributed by atoms with E-state index in [0.29, 0.717) is 5.41 Å². The highest BCUT2D eigenvalue weighted by Gasteiger charge is 2.37. The predicted octanol–water partition coefficient (Wildman–Crippen LogP) is 1.37. The average molecular weight is 182 g/mol. The maximum absolute atomic E-state index is 3.75. The average Bonchev–Trinajstić information content (AvgIpc) is 2.40. The van der Waals surface area contributed by atoms with E-state index in [1.54, 1.807) is 0 Å². The Balaban J connectivity index is 1.85. The number of rotatable bonds is 1. The zero-order chi connectivity index (χ0) is 9.47. The third kappa shape index (κ3) is 2.23. The summed E-state index contributed by atoms with van der Waals surface area (Å²) in [6.45, 7) is 9.42. The highest BCUT2D eigenvalue weighted by molar-refractivity contribution is 4.97. The molecule has 2 N–H and O–H groups in total. The Hall–Kier alpha value is -0.0800. The maximum atomic E-state index is 3.75. The van der Waals surface area contributed by atoms with Crippen molar-refractivity contribution in [3.63, 3.8) is 0 Å². The predicted molar refractivity (Wildman–Crippen MR) is 55.8 cm³/mol. The zero-order valence-electron chi connectivity index (χ0n) is 9.06. The Labute approximate surface area is 81.5 Å². The first-order valence-corrected chi connectivity index (χ1v) is 5.51. The van der Waals surface area contributed by atoms with Gasteiger partial charge < -0.3 is 10.6 Å². The fraction of sp³-hybridized carbons (Fsp3) is 1.00. The van der Waals surface area contributed by atoms with Gasteiger partial charge in [-0.05, 0) is 30.7 Å². The molecular formula is C11H22N2. The first-order valence-electron chi connectivity index (χ1n) is 5.51. The van der Waals surface area contributed by atoms with Gasteiger partial charge in [0.25, 0.3) is 0 Å². The third-order valence-electron chi connectivity index (χ3n) is 3.24. The smallest absolute Gasteiger partial charge is 0.0235 e. The maximum Gasteiger partial charge on any atom is 0.0235 e. The summed E-state index contributed by atoms with van der Waals surface area (Å²) in [5.74, 6) is 0.910. The van der Waals surface area contributed by atoms with E-state index in [0.717, 1.165) is 18.0 Å². The molecule has 2 heteroatoms. The van der Waals surface area contributed by atoms with Gasteiger partial charge in [0.2, 0.25) is 0 Å². The molecule has 0 aromatic heterocycles. The Bertz CT molecular complexity index is 171. The van der Waals surface area contributed by atoms with Crippen molar-refractivity contribution in [3.05, 3.63) is 0 Å². The summed E-state index contributed by atoms with van der Waals surface area (Å²) in [6, 6.07) is 1.55. The van der Waals surface area contributed by atoms with Crippen LogP contribution < -0.4 is 10.6 Å². The minimum Gasteiger partial charge on any atom is -0.315 e. The first kappa shape index (κ1) is 9.47. The van der Waals surface area contributed by atoms with Crippen LogP contribution in [0.1, 0.15) is 33.6 Å². The second kappa shape index (κ2) is 3.25. The molecule has 3 atom stereocenters. The molecule has 0 amide bonds. The van der Waals surface area contributed by atoms with Crippen molar-refractivity contribution >= 4 is 0 Å². The first-order chi connectivity index (χ1) is 6.04. The molecule has 13 heavy (non-hydrogen) atoms. The zero-order valence-corrected chi connectivity index (χ0v) is 9.06. The molecule has 0 saturated carbocycles. The molecule has 2 saturated heterocycles. The van der Waals surface area contributed by atoms with Crippen molar-refractivity contribution in [1.82, 2.24) is 10.6 Å². The monoisotopic (exact) mass is 182 g/mol. The van der Waals surface area contributed by atoms with Gasteiger partial charge in [-0.3, -0.25) is 0 Å². The Kier molecular flexibility index (Phi) is 2.37. The number of hydrogen-bond donors (Lipinski definition) is 2. The lowest BCUT2D eigenvalue weighted by molar-refractivity contribution is 0.316. The third-order valence-corrected chi connectivity index (χ3v) is 3.24. The summed E-state index contributed by atoms with van der Waals surface area (Å²) in [7, 11) is 0. The van der Waals surface area contributed by atoms with Crippen molar-refractivity contribution in [2.75, 3.05) is 13.1 Å². The molecule has 2 nitrogen and oxygen atoms in total. The van der Waals surface area contributed by atoms with Crippen LogP contribution in [0.15, 0.2) is 0 Å². The van der Waals surface area contributed by atoms with Gasteiger partial charge in [-0.1, -0.05) is 20.8 Å². The van der Waals surface area contributed by atoms with E-state index < -0.39 is 0 Å². The lowest BCUT2D eigenvalue weighted by Gasteiger charge is -2.23. The lowest BCUT2D eigenvalue weighted by Crippen LogP contribution is -2.35. The van der Waals surface area contributed by atoms with Gasteiger partial charge in [0.05, 0.1) is 0 Å². The van der Waals surface area contributed by atoms with E-state index in [4.69, 9.17) is 0 Å². The molecule has 0 aromatic carbocycles. The summed E-state index contributed by atoms with van der Waals surface area (Å²) in [5, 5.41) is 7.19. The van der Waals surface area contributed by atoms with Crippen LogP contribution in [0.3, 0.4) is 0 Å². The number of hydrogen-bond acceptors (Lipinski definition) is 2. The summed E-state index contributed by atoms with van der Waals surface area (Å²) < 4.78 is 0. The second-order valence-electron chi connectivity index (χ2n) is 5.89. The van der Waals surface area contributed by atoms with E-state index in [1.165, 1.54) is 25.9 Å². The number of nitrogens with one attached hydrogen (secondary N) is 2. The van der Waals surface area contributed by atoms with Crippen molar-refractivity contribution in [2.24, 2.45) is 11.3 Å². The molecule has 2 rings (SSSR count). The van der Waals surface area contributed by atoms with Crippen molar-refractivity contribution in [3.8, 4) is 0 Å². The summed E-state index contributed by atoms with van der Waals surface area (Å²) >= 11 is 0. The minimum atomic E-state index is 0.476. The second-order valence-corrected chi connectivity index (χ2v) is 5.89. The van der Waals surface area contributed by atoms with E-state index >= 15 is 0 Å². The highest BCUT2D eigenvalue weighted by Crippen LogP contribution is 2.30. The Morgan fingerprint density at radius 2 is 2.00 bits per heavy atom. The molecule has 2 aliphatic heterocycles. The molecule has 0 aliphatic carbocycles. The molecule has 0 bridgehead atoms. The van der Waals surface area contributed by atoms with Crippen LogP contribution in [-0.4, -0.2) is 25.2 Å². The van der Waals surface area contributed by atoms with Crippen molar-refractivity contribution in [1.29, 1.82) is 0 Å². The van der Waals surface area contributed by atoms with E-state index in [2.05, 4.69) is 31.4 Å². The van der Waals surface area contributed by atoms with Crippen LogP contribution in [0.2, 0.25) is 0 Å². The molecule has 2 heterocycles. The lowest BCUT2D eigenvalue weighted by atomic mass is 9.86. The fourth-order valence-corrected chi connectivity index (χ4v) is 2.79. The van der Waals surface area contributed by atoms with Gasteiger partial charge in [0.15, 0.2) is 0 Å². The van der Waals surface area contributed by atoms with E-state index in [1.807, 2.05) is 0 Å². The molecule has 0 spiro atoms. The van der Waals surface area contributed by atoms with Crippen LogP contribution in [0.25, 0.3) is 0 Å². The standard InChI is InChI=1S/C11H22N2/c1-11(2,3)5-9-4-8-6-12-7-10(8)13-9/h8-10,12-13H,4-7H2,1-3H3. The van der Waals surface area contributed by atoms with Crippen LogP contribution in [-0.2, 0) is 0 Å².